The standard InChI is InChI=1S/C27H20N2O3/c28-17-21-9-1-2-10-22(21)18-32-27(31)24-14-5-6-15-25(24)29-26(30)16-20-12-7-11-19-8-3-4-13-23(19)20/h1-15H,16,18H2,(H,29,30). The van der Waals surface area contributed by atoms with E-state index in [4.69, 9.17) is 4.74 Å². The fraction of sp³-hybridized carbons (Fsp3) is 0.0741. The number of para-hydroxylation sites is 1. The van der Waals surface area contributed by atoms with Gasteiger partial charge in [-0.1, -0.05) is 72.8 Å². The number of hydrogen-bond donors (Lipinski definition) is 1. The molecular formula is C27H20N2O3. The van der Waals surface area contributed by atoms with Crippen molar-refractivity contribution >= 4 is 28.3 Å². The number of carbonyl (C=O) groups excluding carboxylic acids is 2. The minimum absolute atomic E-state index is 0.0269. The average molecular weight is 420 g/mol. The topological polar surface area (TPSA) is 79.2 Å². The van der Waals surface area contributed by atoms with Crippen LogP contribution in [0.25, 0.3) is 10.8 Å². The number of carbonyl (C=O) groups is 2. The fourth-order valence-corrected chi connectivity index (χ4v) is 3.56. The van der Waals surface area contributed by atoms with Crippen molar-refractivity contribution in [2.75, 3.05) is 5.32 Å². The molecule has 0 unspecified atom stereocenters. The van der Waals surface area contributed by atoms with Gasteiger partial charge in [0.25, 0.3) is 0 Å². The number of amides is 1. The van der Waals surface area contributed by atoms with Gasteiger partial charge in [0.15, 0.2) is 0 Å². The highest BCUT2D eigenvalue weighted by atomic mass is 16.5. The molecule has 1 N–H and O–H groups in total. The predicted molar refractivity (Wildman–Crippen MR) is 123 cm³/mol. The molecule has 0 atom stereocenters. The van der Waals surface area contributed by atoms with Gasteiger partial charge in [-0.2, -0.15) is 5.26 Å². The first-order valence-corrected chi connectivity index (χ1v) is 10.2. The van der Waals surface area contributed by atoms with Crippen LogP contribution in [0.3, 0.4) is 0 Å². The van der Waals surface area contributed by atoms with Gasteiger partial charge in [0.2, 0.25) is 5.91 Å². The van der Waals surface area contributed by atoms with Gasteiger partial charge in [0.05, 0.1) is 29.3 Å². The van der Waals surface area contributed by atoms with E-state index in [1.807, 2.05) is 42.5 Å². The van der Waals surface area contributed by atoms with E-state index >= 15 is 0 Å². The molecule has 0 fully saturated rings. The number of nitrogens with zero attached hydrogens (tertiary/aromatic N) is 1. The van der Waals surface area contributed by atoms with Crippen LogP contribution in [0.15, 0.2) is 91.0 Å². The second kappa shape index (κ2) is 9.59. The van der Waals surface area contributed by atoms with Gasteiger partial charge in [0, 0.05) is 5.56 Å². The van der Waals surface area contributed by atoms with Crippen LogP contribution < -0.4 is 5.32 Å². The molecule has 0 radical (unpaired) electrons. The van der Waals surface area contributed by atoms with Crippen LogP contribution in [0, 0.1) is 11.3 Å². The van der Waals surface area contributed by atoms with Crippen molar-refractivity contribution in [3.63, 3.8) is 0 Å². The van der Waals surface area contributed by atoms with Crippen molar-refractivity contribution in [2.45, 2.75) is 13.0 Å². The summed E-state index contributed by atoms with van der Waals surface area (Å²) in [6.07, 6.45) is 0.181. The van der Waals surface area contributed by atoms with Gasteiger partial charge in [-0.05, 0) is 34.5 Å². The Balaban J connectivity index is 1.47. The number of esters is 1. The number of nitrogens with one attached hydrogen (secondary N) is 1. The lowest BCUT2D eigenvalue weighted by Gasteiger charge is -2.12. The van der Waals surface area contributed by atoms with E-state index in [0.29, 0.717) is 16.8 Å². The molecule has 0 spiro atoms. The lowest BCUT2D eigenvalue weighted by molar-refractivity contribution is -0.115. The van der Waals surface area contributed by atoms with Crippen LogP contribution in [-0.2, 0) is 22.6 Å². The molecule has 0 aromatic heterocycles. The SMILES string of the molecule is N#Cc1ccccc1COC(=O)c1ccccc1NC(=O)Cc1cccc2ccccc12. The maximum absolute atomic E-state index is 12.8. The van der Waals surface area contributed by atoms with Crippen LogP contribution >= 0.6 is 0 Å². The zero-order valence-electron chi connectivity index (χ0n) is 17.2. The molecule has 0 aliphatic carbocycles. The third-order valence-electron chi connectivity index (χ3n) is 5.15. The van der Waals surface area contributed by atoms with Crippen molar-refractivity contribution in [1.29, 1.82) is 5.26 Å². The van der Waals surface area contributed by atoms with E-state index in [2.05, 4.69) is 11.4 Å². The number of benzene rings is 4. The minimum Gasteiger partial charge on any atom is -0.457 e. The maximum atomic E-state index is 12.8. The Morgan fingerprint density at radius 1 is 0.812 bits per heavy atom. The highest BCUT2D eigenvalue weighted by Gasteiger charge is 2.16. The average Bonchev–Trinajstić information content (AvgIpc) is 2.83. The minimum atomic E-state index is -0.571. The number of rotatable bonds is 6. The normalized spacial score (nSPS) is 10.3. The summed E-state index contributed by atoms with van der Waals surface area (Å²) in [4.78, 5) is 25.5. The molecule has 4 rings (SSSR count). The fourth-order valence-electron chi connectivity index (χ4n) is 3.56. The van der Waals surface area contributed by atoms with Crippen LogP contribution in [0.1, 0.15) is 27.0 Å². The Morgan fingerprint density at radius 3 is 2.38 bits per heavy atom. The van der Waals surface area contributed by atoms with E-state index < -0.39 is 5.97 Å². The van der Waals surface area contributed by atoms with Crippen molar-refractivity contribution in [1.82, 2.24) is 0 Å². The third kappa shape index (κ3) is 4.66. The molecule has 0 heterocycles. The van der Waals surface area contributed by atoms with Gasteiger partial charge in [-0.3, -0.25) is 4.79 Å². The number of nitriles is 1. The zero-order valence-corrected chi connectivity index (χ0v) is 17.2. The van der Waals surface area contributed by atoms with Crippen molar-refractivity contribution in [2.24, 2.45) is 0 Å². The molecule has 5 heteroatoms. The molecule has 0 aliphatic heterocycles. The first kappa shape index (κ1) is 20.8. The number of hydrogen-bond acceptors (Lipinski definition) is 4. The molecule has 0 saturated carbocycles. The van der Waals surface area contributed by atoms with Crippen LogP contribution in [0.5, 0.6) is 0 Å². The largest absolute Gasteiger partial charge is 0.457 e. The van der Waals surface area contributed by atoms with Crippen molar-refractivity contribution in [3.8, 4) is 6.07 Å². The van der Waals surface area contributed by atoms with Gasteiger partial charge in [0.1, 0.15) is 6.61 Å². The van der Waals surface area contributed by atoms with E-state index in [0.717, 1.165) is 16.3 Å². The van der Waals surface area contributed by atoms with Crippen LogP contribution in [-0.4, -0.2) is 11.9 Å². The quantitative estimate of drug-likeness (QED) is 0.432. The Labute approximate surface area is 185 Å². The molecule has 1 amide bonds. The van der Waals surface area contributed by atoms with Gasteiger partial charge >= 0.3 is 5.97 Å². The highest BCUT2D eigenvalue weighted by Crippen LogP contribution is 2.21. The van der Waals surface area contributed by atoms with E-state index in [-0.39, 0.29) is 24.5 Å². The first-order chi connectivity index (χ1) is 15.7. The Kier molecular flexibility index (Phi) is 6.24. The zero-order chi connectivity index (χ0) is 22.3. The molecular weight excluding hydrogens is 400 g/mol. The first-order valence-electron chi connectivity index (χ1n) is 10.2. The van der Waals surface area contributed by atoms with E-state index in [1.165, 1.54) is 0 Å². The smallest absolute Gasteiger partial charge is 0.340 e. The molecule has 4 aromatic rings. The monoisotopic (exact) mass is 420 g/mol. The van der Waals surface area contributed by atoms with Gasteiger partial charge < -0.3 is 10.1 Å². The molecule has 0 aliphatic rings. The number of ether oxygens (including phenoxy) is 1. The van der Waals surface area contributed by atoms with E-state index in [9.17, 15) is 14.9 Å². The summed E-state index contributed by atoms with van der Waals surface area (Å²) in [5, 5.41) is 14.1. The van der Waals surface area contributed by atoms with Crippen molar-refractivity contribution < 1.29 is 14.3 Å². The van der Waals surface area contributed by atoms with Crippen molar-refractivity contribution in [3.05, 3.63) is 113 Å². The molecule has 4 aromatic carbocycles. The highest BCUT2D eigenvalue weighted by molar-refractivity contribution is 6.02. The van der Waals surface area contributed by atoms with Crippen LogP contribution in [0.2, 0.25) is 0 Å². The summed E-state index contributed by atoms with van der Waals surface area (Å²) in [7, 11) is 0. The maximum Gasteiger partial charge on any atom is 0.340 e. The predicted octanol–water partition coefficient (Wildman–Crippen LogP) is 5.25. The summed E-state index contributed by atoms with van der Waals surface area (Å²) < 4.78 is 5.41. The van der Waals surface area contributed by atoms with E-state index in [1.54, 1.807) is 48.5 Å². The summed E-state index contributed by atoms with van der Waals surface area (Å²) in [6, 6.07) is 29.5. The lowest BCUT2D eigenvalue weighted by atomic mass is 10.0. The van der Waals surface area contributed by atoms with Crippen LogP contribution in [0.4, 0.5) is 5.69 Å². The Morgan fingerprint density at radius 2 is 1.50 bits per heavy atom. The van der Waals surface area contributed by atoms with Gasteiger partial charge in [-0.15, -0.1) is 0 Å². The molecule has 0 bridgehead atoms. The number of fused-ring (bicyclic) bond motifs is 1. The third-order valence-corrected chi connectivity index (χ3v) is 5.15. The lowest BCUT2D eigenvalue weighted by Crippen LogP contribution is -2.17. The Bertz CT molecular complexity index is 1330. The second-order valence-corrected chi connectivity index (χ2v) is 7.25. The molecule has 0 saturated heterocycles. The molecule has 32 heavy (non-hydrogen) atoms. The summed E-state index contributed by atoms with van der Waals surface area (Å²) in [6.45, 7) is -0.0269. The summed E-state index contributed by atoms with van der Waals surface area (Å²) in [5.41, 5.74) is 2.64. The molecule has 5 nitrogen and oxygen atoms in total. The second-order valence-electron chi connectivity index (χ2n) is 7.25. The molecule has 156 valence electrons. The summed E-state index contributed by atoms with van der Waals surface area (Å²) in [5.74, 6) is -0.796. The summed E-state index contributed by atoms with van der Waals surface area (Å²) >= 11 is 0. The number of anilines is 1. The van der Waals surface area contributed by atoms with Gasteiger partial charge in [-0.25, -0.2) is 4.79 Å². The Hall–Kier alpha value is -4.43.